The molecule has 2 bridgehead atoms. The summed E-state index contributed by atoms with van der Waals surface area (Å²) in [7, 11) is 1.56. The predicted molar refractivity (Wildman–Crippen MR) is 102 cm³/mol. The highest BCUT2D eigenvalue weighted by atomic mass is 16.5. The van der Waals surface area contributed by atoms with E-state index in [1.54, 1.807) is 7.05 Å². The fourth-order valence-corrected chi connectivity index (χ4v) is 5.45. The molecule has 1 spiro atoms. The molecule has 3 aliphatic rings. The molecule has 2 unspecified atom stereocenters. The second-order valence-electron chi connectivity index (χ2n) is 8.45. The van der Waals surface area contributed by atoms with Gasteiger partial charge in [0, 0.05) is 26.7 Å². The summed E-state index contributed by atoms with van der Waals surface area (Å²) in [6.07, 6.45) is 4.57. The van der Waals surface area contributed by atoms with Crippen molar-refractivity contribution in [3.63, 3.8) is 0 Å². The molecule has 3 rings (SSSR count). The summed E-state index contributed by atoms with van der Waals surface area (Å²) in [6.45, 7) is 4.75. The molecule has 5 atom stereocenters. The van der Waals surface area contributed by atoms with Crippen molar-refractivity contribution in [2.75, 3.05) is 26.7 Å². The zero-order valence-corrected chi connectivity index (χ0v) is 17.1. The van der Waals surface area contributed by atoms with Gasteiger partial charge >= 0.3 is 0 Å². The first-order valence-corrected chi connectivity index (χ1v) is 10.5. The van der Waals surface area contributed by atoms with Crippen molar-refractivity contribution in [1.29, 1.82) is 0 Å². The molecule has 8 heteroatoms. The first kappa shape index (κ1) is 21.0. The van der Waals surface area contributed by atoms with Crippen molar-refractivity contribution in [3.05, 3.63) is 0 Å². The number of nitrogens with one attached hydrogen (secondary N) is 2. The third kappa shape index (κ3) is 3.10. The van der Waals surface area contributed by atoms with Gasteiger partial charge in [0.25, 0.3) is 0 Å². The van der Waals surface area contributed by atoms with Crippen molar-refractivity contribution < 1.29 is 24.2 Å². The maximum atomic E-state index is 13.3. The molecule has 3 aliphatic heterocycles. The van der Waals surface area contributed by atoms with E-state index in [1.807, 2.05) is 6.92 Å². The number of carbonyl (C=O) groups is 3. The molecule has 3 heterocycles. The highest BCUT2D eigenvalue weighted by Crippen LogP contribution is 2.63. The number of aliphatic hydroxyl groups is 1. The molecular weight excluding hydrogens is 362 g/mol. The standard InChI is InChI=1S/C20H33N3O5/c1-4-5-6-10-22-17(26)15-20-9-8-19(2,28-20)13(16(25)21-3)14(20)18(27)23(15)11-7-12-24/h13-15,24H,4-12H2,1-3H3,(H,21,25)(H,22,26)/t13-,14-,15?,19+,20?/m0/s1. The Morgan fingerprint density at radius 2 is 2.00 bits per heavy atom. The molecule has 0 aromatic heterocycles. The van der Waals surface area contributed by atoms with Crippen LogP contribution in [0, 0.1) is 11.8 Å². The van der Waals surface area contributed by atoms with Crippen LogP contribution in [0.25, 0.3) is 0 Å². The minimum absolute atomic E-state index is 0.0657. The summed E-state index contributed by atoms with van der Waals surface area (Å²) in [5.74, 6) is -1.90. The zero-order valence-electron chi connectivity index (χ0n) is 17.1. The van der Waals surface area contributed by atoms with Crippen LogP contribution in [-0.4, -0.2) is 71.7 Å². The van der Waals surface area contributed by atoms with Gasteiger partial charge in [0.1, 0.15) is 11.6 Å². The second kappa shape index (κ2) is 7.99. The predicted octanol–water partition coefficient (Wildman–Crippen LogP) is 0.186. The number of aliphatic hydroxyl groups excluding tert-OH is 1. The monoisotopic (exact) mass is 395 g/mol. The van der Waals surface area contributed by atoms with Crippen LogP contribution in [0.5, 0.6) is 0 Å². The van der Waals surface area contributed by atoms with E-state index in [2.05, 4.69) is 17.6 Å². The van der Waals surface area contributed by atoms with Crippen molar-refractivity contribution in [2.24, 2.45) is 11.8 Å². The molecule has 3 fully saturated rings. The SMILES string of the molecule is CCCCCNC(=O)C1N(CCCO)C(=O)[C@@H]2[C@@H](C(=O)NC)[C@@]3(C)CCC12O3. The van der Waals surface area contributed by atoms with E-state index in [0.29, 0.717) is 25.8 Å². The Balaban J connectivity index is 1.91. The number of likely N-dealkylation sites (tertiary alicyclic amines) is 1. The van der Waals surface area contributed by atoms with E-state index in [-0.39, 0.29) is 30.9 Å². The number of hydrogen-bond donors (Lipinski definition) is 3. The Labute approximate surface area is 166 Å². The van der Waals surface area contributed by atoms with Crippen LogP contribution in [0.1, 0.15) is 52.4 Å². The average Bonchev–Trinajstić information content (AvgIpc) is 3.24. The van der Waals surface area contributed by atoms with Gasteiger partial charge in [-0.2, -0.15) is 0 Å². The molecule has 0 saturated carbocycles. The third-order valence-corrected chi connectivity index (χ3v) is 6.69. The van der Waals surface area contributed by atoms with E-state index < -0.39 is 29.1 Å². The van der Waals surface area contributed by atoms with Crippen LogP contribution in [-0.2, 0) is 19.1 Å². The maximum absolute atomic E-state index is 13.3. The lowest BCUT2D eigenvalue weighted by molar-refractivity contribution is -0.146. The Morgan fingerprint density at radius 3 is 2.64 bits per heavy atom. The van der Waals surface area contributed by atoms with Crippen LogP contribution in [0.15, 0.2) is 0 Å². The number of nitrogens with zero attached hydrogens (tertiary/aromatic N) is 1. The number of carbonyl (C=O) groups excluding carboxylic acids is 3. The Morgan fingerprint density at radius 1 is 1.25 bits per heavy atom. The van der Waals surface area contributed by atoms with Crippen LogP contribution >= 0.6 is 0 Å². The lowest BCUT2D eigenvalue weighted by Gasteiger charge is -2.33. The van der Waals surface area contributed by atoms with Crippen molar-refractivity contribution in [3.8, 4) is 0 Å². The van der Waals surface area contributed by atoms with Gasteiger partial charge in [-0.3, -0.25) is 14.4 Å². The van der Waals surface area contributed by atoms with Crippen LogP contribution < -0.4 is 10.6 Å². The number of hydrogen-bond acceptors (Lipinski definition) is 5. The lowest BCUT2D eigenvalue weighted by atomic mass is 9.66. The van der Waals surface area contributed by atoms with Crippen LogP contribution in [0.3, 0.4) is 0 Å². The van der Waals surface area contributed by atoms with E-state index in [9.17, 15) is 19.5 Å². The zero-order chi connectivity index (χ0) is 20.5. The van der Waals surface area contributed by atoms with Crippen molar-refractivity contribution in [1.82, 2.24) is 15.5 Å². The summed E-state index contributed by atoms with van der Waals surface area (Å²) < 4.78 is 6.40. The van der Waals surface area contributed by atoms with Gasteiger partial charge < -0.3 is 25.4 Å². The molecule has 3 N–H and O–H groups in total. The number of amides is 3. The molecule has 3 saturated heterocycles. The Kier molecular flexibility index (Phi) is 6.00. The van der Waals surface area contributed by atoms with Crippen LogP contribution in [0.4, 0.5) is 0 Å². The fraction of sp³-hybridized carbons (Fsp3) is 0.850. The van der Waals surface area contributed by atoms with E-state index in [4.69, 9.17) is 4.74 Å². The highest BCUT2D eigenvalue weighted by Gasteiger charge is 2.77. The largest absolute Gasteiger partial charge is 0.396 e. The quantitative estimate of drug-likeness (QED) is 0.483. The van der Waals surface area contributed by atoms with E-state index >= 15 is 0 Å². The Hall–Kier alpha value is -1.67. The summed E-state index contributed by atoms with van der Waals surface area (Å²) in [5.41, 5.74) is -1.70. The summed E-state index contributed by atoms with van der Waals surface area (Å²) in [6, 6.07) is -0.755. The average molecular weight is 396 g/mol. The van der Waals surface area contributed by atoms with E-state index in [1.165, 1.54) is 4.90 Å². The van der Waals surface area contributed by atoms with Crippen molar-refractivity contribution >= 4 is 17.7 Å². The first-order chi connectivity index (χ1) is 13.4. The minimum Gasteiger partial charge on any atom is -0.396 e. The second-order valence-corrected chi connectivity index (χ2v) is 8.45. The van der Waals surface area contributed by atoms with Gasteiger partial charge in [0.2, 0.25) is 17.7 Å². The molecule has 0 aromatic carbocycles. The van der Waals surface area contributed by atoms with Gasteiger partial charge in [-0.1, -0.05) is 19.8 Å². The fourth-order valence-electron chi connectivity index (χ4n) is 5.45. The summed E-state index contributed by atoms with van der Waals surface area (Å²) in [5, 5.41) is 14.9. The lowest BCUT2D eigenvalue weighted by Crippen LogP contribution is -2.55. The van der Waals surface area contributed by atoms with Crippen molar-refractivity contribution in [2.45, 2.75) is 69.6 Å². The topological polar surface area (TPSA) is 108 Å². The molecule has 3 amide bonds. The molecule has 28 heavy (non-hydrogen) atoms. The smallest absolute Gasteiger partial charge is 0.245 e. The molecule has 8 nitrogen and oxygen atoms in total. The first-order valence-electron chi connectivity index (χ1n) is 10.5. The van der Waals surface area contributed by atoms with Gasteiger partial charge in [-0.05, 0) is 32.6 Å². The molecule has 0 aliphatic carbocycles. The number of rotatable bonds is 9. The van der Waals surface area contributed by atoms with Gasteiger partial charge in [-0.15, -0.1) is 0 Å². The minimum atomic E-state index is -0.965. The van der Waals surface area contributed by atoms with Crippen LogP contribution in [0.2, 0.25) is 0 Å². The number of fused-ring (bicyclic) bond motifs is 1. The maximum Gasteiger partial charge on any atom is 0.245 e. The highest BCUT2D eigenvalue weighted by molar-refractivity contribution is 5.99. The Bertz CT molecular complexity index is 641. The molecular formula is C20H33N3O5. The summed E-state index contributed by atoms with van der Waals surface area (Å²) >= 11 is 0. The number of unbranched alkanes of at least 4 members (excludes halogenated alkanes) is 2. The molecule has 158 valence electrons. The van der Waals surface area contributed by atoms with Gasteiger partial charge in [0.05, 0.1) is 17.4 Å². The molecule has 0 radical (unpaired) electrons. The summed E-state index contributed by atoms with van der Waals surface area (Å²) in [4.78, 5) is 40.7. The van der Waals surface area contributed by atoms with Gasteiger partial charge in [-0.25, -0.2) is 0 Å². The third-order valence-electron chi connectivity index (χ3n) is 6.69. The molecule has 0 aromatic rings. The van der Waals surface area contributed by atoms with Gasteiger partial charge in [0.15, 0.2) is 0 Å². The number of ether oxygens (including phenoxy) is 1. The van der Waals surface area contributed by atoms with E-state index in [0.717, 1.165) is 19.3 Å². The normalized spacial score (nSPS) is 35.9.